The van der Waals surface area contributed by atoms with E-state index in [1.54, 1.807) is 0 Å². The first-order valence-electron chi connectivity index (χ1n) is 11.4. The Morgan fingerprint density at radius 1 is 1.06 bits per heavy atom. The molecule has 2 fully saturated rings. The van der Waals surface area contributed by atoms with E-state index in [0.717, 1.165) is 43.8 Å². The molecular formula is C22H27ClF6N4S. The van der Waals surface area contributed by atoms with Gasteiger partial charge in [-0.05, 0) is 63.1 Å². The van der Waals surface area contributed by atoms with Crippen molar-refractivity contribution in [3.05, 3.63) is 17.3 Å². The largest absolute Gasteiger partial charge is 0.393 e. The van der Waals surface area contributed by atoms with Crippen molar-refractivity contribution in [2.75, 3.05) is 31.5 Å². The number of likely N-dealkylation sites (tertiary alicyclic amines) is 1. The lowest BCUT2D eigenvalue weighted by Crippen LogP contribution is -2.43. The average molecular weight is 529 g/mol. The fourth-order valence-corrected chi connectivity index (χ4v) is 6.41. The number of piperidine rings is 1. The highest BCUT2D eigenvalue weighted by Crippen LogP contribution is 2.42. The van der Waals surface area contributed by atoms with Gasteiger partial charge in [0, 0.05) is 23.3 Å². The molecule has 34 heavy (non-hydrogen) atoms. The molecule has 1 N–H and O–H groups in total. The van der Waals surface area contributed by atoms with E-state index >= 15 is 0 Å². The minimum Gasteiger partial charge on any atom is -0.369 e. The Morgan fingerprint density at radius 3 is 2.44 bits per heavy atom. The fraction of sp³-hybridized carbons (Fsp3) is 0.727. The zero-order valence-electron chi connectivity index (χ0n) is 18.4. The second-order valence-electron chi connectivity index (χ2n) is 9.40. The van der Waals surface area contributed by atoms with Crippen LogP contribution in [0.3, 0.4) is 0 Å². The number of nitrogens with zero attached hydrogens (tertiary/aromatic N) is 3. The topological polar surface area (TPSA) is 41.0 Å². The van der Waals surface area contributed by atoms with E-state index in [2.05, 4.69) is 20.2 Å². The van der Waals surface area contributed by atoms with Crippen molar-refractivity contribution < 1.29 is 26.3 Å². The molecule has 0 radical (unpaired) electrons. The summed E-state index contributed by atoms with van der Waals surface area (Å²) in [4.78, 5) is 11.3. The van der Waals surface area contributed by atoms with Crippen LogP contribution in [0.1, 0.15) is 37.0 Å². The quantitative estimate of drug-likeness (QED) is 0.343. The molecule has 1 aliphatic carbocycles. The molecule has 1 saturated carbocycles. The lowest BCUT2D eigenvalue weighted by molar-refractivity contribution is -0.183. The number of fused-ring (bicyclic) bond motifs is 1. The molecule has 3 unspecified atom stereocenters. The van der Waals surface area contributed by atoms with Crippen molar-refractivity contribution in [1.29, 1.82) is 0 Å². The molecule has 3 atom stereocenters. The molecule has 3 heterocycles. The number of nitrogens with one attached hydrogen (secondary N) is 1. The third kappa shape index (κ3) is 6.66. The molecule has 4 rings (SSSR count). The number of thiophene rings is 1. The van der Waals surface area contributed by atoms with Crippen molar-refractivity contribution in [3.63, 3.8) is 0 Å². The minimum absolute atomic E-state index is 0.00320. The van der Waals surface area contributed by atoms with Gasteiger partial charge in [-0.25, -0.2) is 9.97 Å². The molecule has 1 saturated heterocycles. The number of aromatic nitrogens is 2. The lowest BCUT2D eigenvalue weighted by atomic mass is 9.80. The van der Waals surface area contributed by atoms with Crippen molar-refractivity contribution in [2.45, 2.75) is 56.3 Å². The highest BCUT2D eigenvalue weighted by atomic mass is 35.5. The molecule has 0 spiro atoms. The molecular weight excluding hydrogens is 502 g/mol. The Labute approximate surface area is 203 Å². The molecule has 2 aromatic rings. The fourth-order valence-electron chi connectivity index (χ4n) is 4.96. The van der Waals surface area contributed by atoms with Gasteiger partial charge in [0.05, 0.1) is 17.7 Å². The first-order chi connectivity index (χ1) is 16.0. The van der Waals surface area contributed by atoms with Crippen LogP contribution < -0.4 is 5.32 Å². The van der Waals surface area contributed by atoms with Crippen molar-refractivity contribution in [1.82, 2.24) is 14.9 Å². The Hall–Kier alpha value is -1.33. The van der Waals surface area contributed by atoms with Crippen molar-refractivity contribution >= 4 is 39.0 Å². The summed E-state index contributed by atoms with van der Waals surface area (Å²) in [7, 11) is 0. The summed E-state index contributed by atoms with van der Waals surface area (Å²) >= 11 is 7.35. The van der Waals surface area contributed by atoms with E-state index in [1.165, 1.54) is 12.4 Å². The van der Waals surface area contributed by atoms with Crippen LogP contribution in [0.5, 0.6) is 0 Å². The number of alkyl halides is 7. The number of hydrogen-bond donors (Lipinski definition) is 1. The molecule has 12 heteroatoms. The van der Waals surface area contributed by atoms with Crippen LogP contribution in [0.2, 0.25) is 0 Å². The molecule has 0 amide bonds. The van der Waals surface area contributed by atoms with Gasteiger partial charge in [-0.15, -0.1) is 22.9 Å². The molecule has 2 aliphatic rings. The summed E-state index contributed by atoms with van der Waals surface area (Å²) in [6.45, 7) is 3.08. The van der Waals surface area contributed by atoms with Gasteiger partial charge in [0.15, 0.2) is 0 Å². The summed E-state index contributed by atoms with van der Waals surface area (Å²) in [6, 6.07) is 1.51. The summed E-state index contributed by atoms with van der Waals surface area (Å²) in [5, 5.41) is 3.44. The standard InChI is InChI=1S/C22H27ClF6N4S/c23-18-7-15(22(27,28)29)2-1-14(18)11-33-5-3-13(4-6-33)10-30-19-17-8-16(9-21(24,25)26)34-20(17)32-12-31-19/h8,12-15,18H,1-7,9-11H2,(H,30,31,32). The van der Waals surface area contributed by atoms with Gasteiger partial charge in [-0.3, -0.25) is 0 Å². The average Bonchev–Trinajstić information content (AvgIpc) is 3.15. The van der Waals surface area contributed by atoms with E-state index in [4.69, 9.17) is 11.6 Å². The van der Waals surface area contributed by atoms with Gasteiger partial charge in [0.2, 0.25) is 0 Å². The molecule has 0 bridgehead atoms. The summed E-state index contributed by atoms with van der Waals surface area (Å²) in [5.41, 5.74) is 0. The van der Waals surface area contributed by atoms with Crippen LogP contribution >= 0.6 is 22.9 Å². The van der Waals surface area contributed by atoms with Crippen molar-refractivity contribution in [3.8, 4) is 0 Å². The predicted octanol–water partition coefficient (Wildman–Crippen LogP) is 6.51. The number of anilines is 1. The van der Waals surface area contributed by atoms with Gasteiger partial charge in [0.25, 0.3) is 0 Å². The second-order valence-corrected chi connectivity index (χ2v) is 11.1. The van der Waals surface area contributed by atoms with E-state index < -0.39 is 30.1 Å². The summed E-state index contributed by atoms with van der Waals surface area (Å²) in [6.07, 6.45) is -5.55. The first-order valence-corrected chi connectivity index (χ1v) is 12.7. The smallest absolute Gasteiger partial charge is 0.369 e. The molecule has 1 aliphatic heterocycles. The molecule has 4 nitrogen and oxygen atoms in total. The zero-order valence-corrected chi connectivity index (χ0v) is 20.0. The van der Waals surface area contributed by atoms with Crippen molar-refractivity contribution in [2.24, 2.45) is 17.8 Å². The third-order valence-electron chi connectivity index (χ3n) is 6.88. The Balaban J connectivity index is 1.25. The molecule has 0 aromatic carbocycles. The van der Waals surface area contributed by atoms with Gasteiger partial charge in [0.1, 0.15) is 17.0 Å². The van der Waals surface area contributed by atoms with E-state index in [9.17, 15) is 26.3 Å². The van der Waals surface area contributed by atoms with Gasteiger partial charge < -0.3 is 10.2 Å². The zero-order chi connectivity index (χ0) is 24.5. The second kappa shape index (κ2) is 10.3. The van der Waals surface area contributed by atoms with Crippen LogP contribution in [-0.4, -0.2) is 58.8 Å². The van der Waals surface area contributed by atoms with Crippen LogP contribution in [0.4, 0.5) is 32.2 Å². The van der Waals surface area contributed by atoms with E-state index in [-0.39, 0.29) is 23.6 Å². The predicted molar refractivity (Wildman–Crippen MR) is 121 cm³/mol. The van der Waals surface area contributed by atoms with E-state index in [0.29, 0.717) is 34.9 Å². The monoisotopic (exact) mass is 528 g/mol. The van der Waals surface area contributed by atoms with Gasteiger partial charge in [-0.2, -0.15) is 26.3 Å². The van der Waals surface area contributed by atoms with Crippen LogP contribution in [-0.2, 0) is 6.42 Å². The minimum atomic E-state index is -4.27. The summed E-state index contributed by atoms with van der Waals surface area (Å²) < 4.78 is 77.1. The maximum absolute atomic E-state index is 13.0. The SMILES string of the molecule is FC(F)(F)Cc1cc2c(NCC3CCN(CC4CCC(C(F)(F)F)CC4Cl)CC3)ncnc2s1. The number of rotatable bonds is 6. The number of hydrogen-bond acceptors (Lipinski definition) is 5. The third-order valence-corrected chi connectivity index (χ3v) is 8.46. The van der Waals surface area contributed by atoms with Crippen LogP contribution in [0.25, 0.3) is 10.2 Å². The van der Waals surface area contributed by atoms with Gasteiger partial charge in [-0.1, -0.05) is 0 Å². The summed E-state index contributed by atoms with van der Waals surface area (Å²) in [5.74, 6) is -0.288. The number of halogens is 7. The molecule has 2 aromatic heterocycles. The maximum Gasteiger partial charge on any atom is 0.393 e. The Kier molecular flexibility index (Phi) is 7.83. The lowest BCUT2D eigenvalue weighted by Gasteiger charge is -2.39. The van der Waals surface area contributed by atoms with Crippen LogP contribution in [0.15, 0.2) is 12.4 Å². The van der Waals surface area contributed by atoms with E-state index in [1.807, 2.05) is 0 Å². The first kappa shape index (κ1) is 25.8. The van der Waals surface area contributed by atoms with Gasteiger partial charge >= 0.3 is 12.4 Å². The molecule has 190 valence electrons. The Morgan fingerprint density at radius 2 is 1.79 bits per heavy atom. The highest BCUT2D eigenvalue weighted by molar-refractivity contribution is 7.18. The van der Waals surface area contributed by atoms with Crippen LogP contribution in [0, 0.1) is 17.8 Å². The highest BCUT2D eigenvalue weighted by Gasteiger charge is 2.44. The maximum atomic E-state index is 13.0. The normalized spacial score (nSPS) is 25.7. The Bertz CT molecular complexity index is 957.